The topological polar surface area (TPSA) is 208 Å². The highest BCUT2D eigenvalue weighted by Gasteiger charge is 2.52. The number of nitrogens with zero attached hydrogens (tertiary/aromatic N) is 4. The van der Waals surface area contributed by atoms with Gasteiger partial charge in [0.25, 0.3) is 11.8 Å². The molecule has 6 aromatic rings. The Balaban J connectivity index is 0.000000202. The summed E-state index contributed by atoms with van der Waals surface area (Å²) >= 11 is 27.7. The molecule has 0 radical (unpaired) electrons. The van der Waals surface area contributed by atoms with Crippen molar-refractivity contribution >= 4 is 124 Å². The summed E-state index contributed by atoms with van der Waals surface area (Å²) in [5.41, 5.74) is 1.01. The zero-order chi connectivity index (χ0) is 60.4. The third-order valence-electron chi connectivity index (χ3n) is 14.9. The van der Waals surface area contributed by atoms with E-state index in [0.29, 0.717) is 65.3 Å². The molecule has 448 valence electrons. The number of thiophene rings is 2. The molecule has 16 nitrogen and oxygen atoms in total. The second kappa shape index (κ2) is 26.7. The summed E-state index contributed by atoms with van der Waals surface area (Å²) < 4.78 is 100. The molecule has 4 aliphatic rings. The molecular weight excluding hydrogens is 1250 g/mol. The van der Waals surface area contributed by atoms with Gasteiger partial charge in [0, 0.05) is 19.8 Å². The van der Waals surface area contributed by atoms with Gasteiger partial charge in [-0.1, -0.05) is 109 Å². The Bertz CT molecular complexity index is 3400. The molecule has 84 heavy (non-hydrogen) atoms. The van der Waals surface area contributed by atoms with Gasteiger partial charge in [-0.05, 0) is 122 Å². The predicted octanol–water partition coefficient (Wildman–Crippen LogP) is 12.9. The van der Waals surface area contributed by atoms with E-state index < -0.39 is 127 Å². The van der Waals surface area contributed by atoms with Crippen LogP contribution in [0.1, 0.15) is 110 Å². The average Bonchev–Trinajstić information content (AvgIpc) is 1.36. The number of morpholine rings is 2. The molecule has 4 heterocycles. The van der Waals surface area contributed by atoms with E-state index in [1.807, 2.05) is 0 Å². The minimum atomic E-state index is -3.95. The number of hydrogen-bond acceptors (Lipinski definition) is 12. The number of halogens is 6. The number of hydrogen-bond donors (Lipinski definition) is 2. The van der Waals surface area contributed by atoms with Crippen LogP contribution in [0, 0.1) is 11.6 Å². The number of carbonyl (C=O) groups is 4. The monoisotopic (exact) mass is 1310 g/mol. The molecule has 0 spiro atoms. The molecule has 2 aliphatic carbocycles. The van der Waals surface area contributed by atoms with Crippen molar-refractivity contribution < 1.29 is 64.5 Å². The number of benzene rings is 4. The molecule has 2 saturated heterocycles. The number of para-hydroxylation sites is 2. The Labute approximate surface area is 513 Å². The van der Waals surface area contributed by atoms with Gasteiger partial charge in [-0.25, -0.2) is 25.6 Å². The number of anilines is 2. The molecule has 4 fully saturated rings. The number of carboxylic acids is 2. The smallest absolute Gasteiger partial charge is 0.306 e. The average molecular weight is 1310 g/mol. The van der Waals surface area contributed by atoms with Crippen molar-refractivity contribution in [3.63, 3.8) is 0 Å². The van der Waals surface area contributed by atoms with Gasteiger partial charge in [0.1, 0.15) is 36.1 Å². The summed E-state index contributed by atoms with van der Waals surface area (Å²) in [4.78, 5) is 56.2. The van der Waals surface area contributed by atoms with Gasteiger partial charge in [-0.2, -0.15) is 0 Å². The molecule has 2 aromatic heterocycles. The number of sulfonamides is 2. The molecule has 4 aromatic carbocycles. The molecule has 26 heteroatoms. The molecule has 8 atom stereocenters. The zero-order valence-corrected chi connectivity index (χ0v) is 51.3. The Morgan fingerprint density at radius 3 is 1.25 bits per heavy atom. The normalized spacial score (nSPS) is 21.8. The SMILES string of the molecule is CC[C@@H](CN(c1ccccc1F)S(=O)(=O)C1CC1)N1C(=O)[C@@H](CC(=O)O)O[C@H](c2cccc(Cl)c2)[C@H]1c1ccc(Cl)s1.CC[C@@H](CN(c1ccccc1F)S(=O)(=O)C1CC1)N1C(=O)[C@H](CC(=O)O)O[C@H](c2cccc(Cl)c2)[C@H]1c1ccc(Cl)s1. The van der Waals surface area contributed by atoms with Gasteiger partial charge < -0.3 is 29.5 Å². The Hall–Kier alpha value is -5.40. The first-order valence-corrected chi connectivity index (χ1v) is 33.1. The van der Waals surface area contributed by atoms with Gasteiger partial charge in [0.2, 0.25) is 20.0 Å². The summed E-state index contributed by atoms with van der Waals surface area (Å²) in [5, 5.41) is 18.8. The molecule has 0 unspecified atom stereocenters. The summed E-state index contributed by atoms with van der Waals surface area (Å²) in [6.45, 7) is 3.13. The fourth-order valence-corrected chi connectivity index (χ4v) is 17.2. The third kappa shape index (κ3) is 14.0. The number of carboxylic acid groups (broad SMARTS) is 2. The zero-order valence-electron chi connectivity index (χ0n) is 45.1. The van der Waals surface area contributed by atoms with Crippen molar-refractivity contribution in [1.29, 1.82) is 0 Å². The second-order valence-electron chi connectivity index (χ2n) is 20.6. The van der Waals surface area contributed by atoms with Crippen molar-refractivity contribution in [1.82, 2.24) is 9.80 Å². The fourth-order valence-electron chi connectivity index (χ4n) is 10.6. The second-order valence-corrected chi connectivity index (χ2v) is 29.3. The highest BCUT2D eigenvalue weighted by atomic mass is 35.5. The lowest BCUT2D eigenvalue weighted by molar-refractivity contribution is -0.182. The van der Waals surface area contributed by atoms with E-state index in [0.717, 1.165) is 8.61 Å². The quantitative estimate of drug-likeness (QED) is 0.0651. The highest BCUT2D eigenvalue weighted by Crippen LogP contribution is 2.50. The van der Waals surface area contributed by atoms with Crippen molar-refractivity contribution in [3.8, 4) is 0 Å². The van der Waals surface area contributed by atoms with E-state index in [2.05, 4.69) is 0 Å². The van der Waals surface area contributed by atoms with E-state index in [4.69, 9.17) is 55.9 Å². The molecule has 0 bridgehead atoms. The van der Waals surface area contributed by atoms with E-state index >= 15 is 8.78 Å². The lowest BCUT2D eigenvalue weighted by Crippen LogP contribution is -2.58. The van der Waals surface area contributed by atoms with Crippen LogP contribution in [0.2, 0.25) is 18.7 Å². The van der Waals surface area contributed by atoms with Gasteiger partial charge in [0.05, 0.1) is 80.6 Å². The summed E-state index contributed by atoms with van der Waals surface area (Å²) in [5.74, 6) is -5.07. The predicted molar refractivity (Wildman–Crippen MR) is 320 cm³/mol. The minimum Gasteiger partial charge on any atom is -0.481 e. The van der Waals surface area contributed by atoms with E-state index in [1.165, 1.54) is 68.9 Å². The van der Waals surface area contributed by atoms with E-state index in [1.54, 1.807) is 98.8 Å². The number of carbonyl (C=O) groups excluding carboxylic acids is 2. The largest absolute Gasteiger partial charge is 0.481 e. The van der Waals surface area contributed by atoms with E-state index in [9.17, 15) is 46.2 Å². The van der Waals surface area contributed by atoms with Gasteiger partial charge >= 0.3 is 11.9 Å². The Morgan fingerprint density at radius 1 is 0.583 bits per heavy atom. The van der Waals surface area contributed by atoms with Crippen molar-refractivity contribution in [2.45, 2.75) is 124 Å². The van der Waals surface area contributed by atoms with Crippen LogP contribution in [0.5, 0.6) is 0 Å². The van der Waals surface area contributed by atoms with Gasteiger partial charge in [-0.3, -0.25) is 27.8 Å². The maximum absolute atomic E-state index is 15.1. The highest BCUT2D eigenvalue weighted by molar-refractivity contribution is 7.94. The molecule has 2 saturated carbocycles. The summed E-state index contributed by atoms with van der Waals surface area (Å²) in [7, 11) is -7.91. The molecular formula is C58H58Cl4F2N4O12S4. The maximum Gasteiger partial charge on any atom is 0.306 e. The van der Waals surface area contributed by atoms with Crippen LogP contribution >= 0.6 is 69.1 Å². The van der Waals surface area contributed by atoms with Crippen LogP contribution in [-0.4, -0.2) is 108 Å². The molecule has 2 amide bonds. The fraction of sp³-hybridized carbons (Fsp3) is 0.379. The number of amides is 2. The Morgan fingerprint density at radius 2 is 0.952 bits per heavy atom. The maximum atomic E-state index is 15.1. The van der Waals surface area contributed by atoms with Crippen LogP contribution in [0.15, 0.2) is 121 Å². The number of rotatable bonds is 22. The van der Waals surface area contributed by atoms with Crippen LogP contribution < -0.4 is 8.61 Å². The first-order valence-electron chi connectivity index (χ1n) is 26.9. The van der Waals surface area contributed by atoms with Crippen molar-refractivity contribution in [2.24, 2.45) is 0 Å². The van der Waals surface area contributed by atoms with Gasteiger partial charge in [-0.15, -0.1) is 22.7 Å². The minimum absolute atomic E-state index is 0.104. The summed E-state index contributed by atoms with van der Waals surface area (Å²) in [6, 6.07) is 28.8. The van der Waals surface area contributed by atoms with Crippen molar-refractivity contribution in [3.05, 3.63) is 173 Å². The first kappa shape index (κ1) is 63.1. The lowest BCUT2D eigenvalue weighted by Gasteiger charge is -2.48. The van der Waals surface area contributed by atoms with Crippen LogP contribution in [-0.2, 0) is 48.7 Å². The Kier molecular flexibility index (Phi) is 20.1. The van der Waals surface area contributed by atoms with Gasteiger partial charge in [0.15, 0.2) is 0 Å². The lowest BCUT2D eigenvalue weighted by atomic mass is 9.93. The molecule has 2 N–H and O–H groups in total. The van der Waals surface area contributed by atoms with Crippen LogP contribution in [0.3, 0.4) is 0 Å². The number of ether oxygens (including phenoxy) is 2. The first-order chi connectivity index (χ1) is 40.0. The van der Waals surface area contributed by atoms with Crippen molar-refractivity contribution in [2.75, 3.05) is 21.7 Å². The van der Waals surface area contributed by atoms with Crippen LogP contribution in [0.4, 0.5) is 20.2 Å². The molecule has 10 rings (SSSR count). The summed E-state index contributed by atoms with van der Waals surface area (Å²) in [6.07, 6.45) is -3.17. The van der Waals surface area contributed by atoms with Crippen LogP contribution in [0.25, 0.3) is 0 Å². The third-order valence-corrected chi connectivity index (χ3v) is 22.6. The standard InChI is InChI=1S/2C29H29Cl2FN2O6S2/c2*1-2-19(16-33(42(38,39)20-10-11-20)22-9-4-3-8-21(22)32)34-27(24-12-13-25(31)41-24)28(17-6-5-7-18(30)14-17)40-23(29(34)37)15-26(35)36/h2*3-9,12-14,19-20,23,27-28H,2,10-11,15-16H2,1H3,(H,35,36)/t19-,23+,27+,28+;19-,23-,27+,28+/m00/s1. The number of aliphatic carboxylic acids is 2. The molecule has 2 aliphatic heterocycles. The van der Waals surface area contributed by atoms with E-state index in [-0.39, 0.29) is 37.3 Å².